The molecule has 0 spiro atoms. The predicted molar refractivity (Wildman–Crippen MR) is 83.7 cm³/mol. The van der Waals surface area contributed by atoms with Gasteiger partial charge >= 0.3 is 0 Å². The minimum atomic E-state index is -0.655. The van der Waals surface area contributed by atoms with Crippen LogP contribution < -0.4 is 4.74 Å². The van der Waals surface area contributed by atoms with E-state index in [1.54, 1.807) is 20.1 Å². The van der Waals surface area contributed by atoms with E-state index >= 15 is 0 Å². The highest BCUT2D eigenvalue weighted by molar-refractivity contribution is 6.32. The van der Waals surface area contributed by atoms with Crippen LogP contribution in [-0.4, -0.2) is 17.3 Å². The van der Waals surface area contributed by atoms with Crippen molar-refractivity contribution in [3.05, 3.63) is 64.2 Å². The van der Waals surface area contributed by atoms with Gasteiger partial charge in [0, 0.05) is 11.4 Å². The fourth-order valence-electron chi connectivity index (χ4n) is 2.23. The van der Waals surface area contributed by atoms with Crippen molar-refractivity contribution >= 4 is 11.6 Å². The maximum Gasteiger partial charge on any atom is 0.118 e. The molecule has 0 heterocycles. The van der Waals surface area contributed by atoms with Gasteiger partial charge in [0.15, 0.2) is 0 Å². The Hall–Kier alpha value is -1.55. The minimum absolute atomic E-state index is 0.395. The second kappa shape index (κ2) is 6.94. The highest BCUT2D eigenvalue weighted by Crippen LogP contribution is 2.30. The van der Waals surface area contributed by atoms with Crippen LogP contribution in [0.3, 0.4) is 0 Å². The van der Waals surface area contributed by atoms with Crippen LogP contribution in [0.5, 0.6) is 5.75 Å². The minimum Gasteiger partial charge on any atom is -0.497 e. The Morgan fingerprint density at radius 3 is 2.33 bits per heavy atom. The number of aliphatic hydroxyl groups is 2. The van der Waals surface area contributed by atoms with E-state index < -0.39 is 12.2 Å². The van der Waals surface area contributed by atoms with Crippen LogP contribution in [0.25, 0.3) is 0 Å². The summed E-state index contributed by atoms with van der Waals surface area (Å²) in [5.41, 5.74) is 2.30. The number of methoxy groups -OCH3 is 1. The third kappa shape index (κ3) is 3.76. The summed E-state index contributed by atoms with van der Waals surface area (Å²) in [5, 5.41) is 20.5. The van der Waals surface area contributed by atoms with Gasteiger partial charge in [0.2, 0.25) is 0 Å². The monoisotopic (exact) mass is 306 g/mol. The molecule has 2 N–H and O–H groups in total. The highest BCUT2D eigenvalue weighted by Gasteiger charge is 2.14. The van der Waals surface area contributed by atoms with Gasteiger partial charge in [0.25, 0.3) is 0 Å². The molecule has 2 rings (SSSR count). The molecule has 0 amide bonds. The molecule has 0 aromatic heterocycles. The van der Waals surface area contributed by atoms with Crippen molar-refractivity contribution in [3.63, 3.8) is 0 Å². The van der Waals surface area contributed by atoms with Crippen LogP contribution in [0.2, 0.25) is 5.02 Å². The lowest BCUT2D eigenvalue weighted by Crippen LogP contribution is -2.04. The van der Waals surface area contributed by atoms with Crippen LogP contribution in [0.1, 0.15) is 35.8 Å². The lowest BCUT2D eigenvalue weighted by Gasteiger charge is -2.15. The average Bonchev–Trinajstić information content (AvgIpc) is 2.49. The molecule has 0 aliphatic heterocycles. The van der Waals surface area contributed by atoms with Gasteiger partial charge in [-0.1, -0.05) is 41.9 Å². The first-order valence-electron chi connectivity index (χ1n) is 6.80. The fourth-order valence-corrected chi connectivity index (χ4v) is 2.59. The Kier molecular flexibility index (Phi) is 5.23. The van der Waals surface area contributed by atoms with E-state index in [0.29, 0.717) is 17.0 Å². The number of rotatable bonds is 5. The van der Waals surface area contributed by atoms with E-state index in [9.17, 15) is 10.2 Å². The maximum absolute atomic E-state index is 10.3. The summed E-state index contributed by atoms with van der Waals surface area (Å²) in [6, 6.07) is 12.8. The van der Waals surface area contributed by atoms with Gasteiger partial charge in [0.1, 0.15) is 5.75 Å². The molecule has 0 aliphatic rings. The Morgan fingerprint density at radius 1 is 1.10 bits per heavy atom. The number of aliphatic hydroxyl groups excluding tert-OH is 2. The zero-order valence-electron chi connectivity index (χ0n) is 12.1. The Morgan fingerprint density at radius 2 is 1.76 bits per heavy atom. The van der Waals surface area contributed by atoms with Gasteiger partial charge in [-0.05, 0) is 35.7 Å². The van der Waals surface area contributed by atoms with Crippen molar-refractivity contribution in [3.8, 4) is 5.75 Å². The number of ether oxygens (including phenoxy) is 1. The van der Waals surface area contributed by atoms with Gasteiger partial charge < -0.3 is 14.9 Å². The molecule has 3 nitrogen and oxygen atoms in total. The molecular formula is C17H19ClO3. The van der Waals surface area contributed by atoms with Crippen molar-refractivity contribution in [1.82, 2.24) is 0 Å². The largest absolute Gasteiger partial charge is 0.497 e. The van der Waals surface area contributed by atoms with Crippen molar-refractivity contribution in [1.29, 1.82) is 0 Å². The smallest absolute Gasteiger partial charge is 0.118 e. The Labute approximate surface area is 129 Å². The van der Waals surface area contributed by atoms with Gasteiger partial charge in [0.05, 0.1) is 19.3 Å². The zero-order chi connectivity index (χ0) is 15.4. The van der Waals surface area contributed by atoms with Gasteiger partial charge in [-0.3, -0.25) is 0 Å². The zero-order valence-corrected chi connectivity index (χ0v) is 12.8. The molecule has 0 saturated heterocycles. The first kappa shape index (κ1) is 15.8. The molecule has 112 valence electrons. The second-order valence-corrected chi connectivity index (χ2v) is 5.37. The summed E-state index contributed by atoms with van der Waals surface area (Å²) in [4.78, 5) is 0. The van der Waals surface area contributed by atoms with Crippen LogP contribution in [0.4, 0.5) is 0 Å². The first-order chi connectivity index (χ1) is 10.0. The lowest BCUT2D eigenvalue weighted by molar-refractivity contribution is 0.177. The van der Waals surface area contributed by atoms with Crippen LogP contribution >= 0.6 is 11.6 Å². The molecule has 2 atom stereocenters. The van der Waals surface area contributed by atoms with Crippen molar-refractivity contribution < 1.29 is 14.9 Å². The third-order valence-corrected chi connectivity index (χ3v) is 3.93. The SMILES string of the molecule is COc1ccc(C(O)Cc2cccc(C(C)O)c2Cl)cc1. The van der Waals surface area contributed by atoms with E-state index in [-0.39, 0.29) is 0 Å². The molecule has 21 heavy (non-hydrogen) atoms. The highest BCUT2D eigenvalue weighted by atomic mass is 35.5. The Bertz CT molecular complexity index is 593. The normalized spacial score (nSPS) is 13.8. The van der Waals surface area contributed by atoms with Gasteiger partial charge in [-0.15, -0.1) is 0 Å². The second-order valence-electron chi connectivity index (χ2n) is 4.99. The van der Waals surface area contributed by atoms with Gasteiger partial charge in [-0.2, -0.15) is 0 Å². The molecule has 2 aromatic carbocycles. The van der Waals surface area contributed by atoms with E-state index in [0.717, 1.165) is 16.9 Å². The number of halogens is 1. The maximum atomic E-state index is 10.3. The summed E-state index contributed by atoms with van der Waals surface area (Å²) in [6.07, 6.45) is -0.889. The van der Waals surface area contributed by atoms with E-state index in [1.807, 2.05) is 36.4 Å². The molecular weight excluding hydrogens is 288 g/mol. The van der Waals surface area contributed by atoms with E-state index in [2.05, 4.69) is 0 Å². The summed E-state index contributed by atoms with van der Waals surface area (Å²) < 4.78 is 5.10. The van der Waals surface area contributed by atoms with Crippen molar-refractivity contribution in [2.75, 3.05) is 7.11 Å². The standard InChI is InChI=1S/C17H19ClO3/c1-11(19)15-5-3-4-13(17(15)18)10-16(20)12-6-8-14(21-2)9-7-12/h3-9,11,16,19-20H,10H2,1-2H3. The average molecular weight is 307 g/mol. The molecule has 2 unspecified atom stereocenters. The summed E-state index contributed by atoms with van der Waals surface area (Å²) in [6.45, 7) is 1.67. The molecule has 2 aromatic rings. The Balaban J connectivity index is 2.19. The topological polar surface area (TPSA) is 49.7 Å². The van der Waals surface area contributed by atoms with Crippen LogP contribution in [-0.2, 0) is 6.42 Å². The fraction of sp³-hybridized carbons (Fsp3) is 0.294. The van der Waals surface area contributed by atoms with Gasteiger partial charge in [-0.25, -0.2) is 0 Å². The molecule has 0 radical (unpaired) electrons. The number of hydrogen-bond acceptors (Lipinski definition) is 3. The van der Waals surface area contributed by atoms with E-state index in [4.69, 9.17) is 16.3 Å². The summed E-state index contributed by atoms with van der Waals surface area (Å²) >= 11 is 6.29. The summed E-state index contributed by atoms with van der Waals surface area (Å²) in [7, 11) is 1.60. The van der Waals surface area contributed by atoms with E-state index in [1.165, 1.54) is 0 Å². The lowest BCUT2D eigenvalue weighted by atomic mass is 9.98. The molecule has 0 fully saturated rings. The quantitative estimate of drug-likeness (QED) is 0.886. The number of benzene rings is 2. The summed E-state index contributed by atoms with van der Waals surface area (Å²) in [5.74, 6) is 0.750. The van der Waals surface area contributed by atoms with Crippen LogP contribution in [0, 0.1) is 0 Å². The molecule has 0 bridgehead atoms. The number of hydrogen-bond donors (Lipinski definition) is 2. The molecule has 4 heteroatoms. The van der Waals surface area contributed by atoms with Crippen LogP contribution in [0.15, 0.2) is 42.5 Å². The van der Waals surface area contributed by atoms with Crippen molar-refractivity contribution in [2.24, 2.45) is 0 Å². The molecule has 0 saturated carbocycles. The first-order valence-corrected chi connectivity index (χ1v) is 7.18. The predicted octanol–water partition coefficient (Wildman–Crippen LogP) is 3.68. The van der Waals surface area contributed by atoms with Crippen molar-refractivity contribution in [2.45, 2.75) is 25.6 Å². The third-order valence-electron chi connectivity index (χ3n) is 3.47. The molecule has 0 aliphatic carbocycles.